The van der Waals surface area contributed by atoms with Gasteiger partial charge in [-0.1, -0.05) is 6.92 Å². The normalized spacial score (nSPS) is 10.1. The third kappa shape index (κ3) is 3.54. The lowest BCUT2D eigenvalue weighted by Crippen LogP contribution is -2.05. The van der Waals surface area contributed by atoms with Crippen molar-refractivity contribution in [2.75, 3.05) is 12.4 Å². The van der Waals surface area contributed by atoms with Gasteiger partial charge in [0.15, 0.2) is 0 Å². The molecule has 0 heterocycles. The predicted molar refractivity (Wildman–Crippen MR) is 66.5 cm³/mol. The molecule has 0 N–H and O–H groups in total. The van der Waals surface area contributed by atoms with Crippen LogP contribution in [0.25, 0.3) is 0 Å². The second-order valence-corrected chi connectivity index (χ2v) is 4.99. The number of hydrogen-bond acceptors (Lipinski definition) is 3. The van der Waals surface area contributed by atoms with Crippen LogP contribution in [0.4, 0.5) is 0 Å². The van der Waals surface area contributed by atoms with Crippen LogP contribution < -0.4 is 0 Å². The van der Waals surface area contributed by atoms with E-state index in [-0.39, 0.29) is 5.97 Å². The first kappa shape index (κ1) is 12.6. The Labute approximate surface area is 103 Å². The molecule has 82 valence electrons. The maximum absolute atomic E-state index is 11.5. The Morgan fingerprint density at radius 3 is 2.73 bits per heavy atom. The molecule has 1 aromatic carbocycles. The lowest BCUT2D eigenvalue weighted by Gasteiger charge is -2.05. The fourth-order valence-corrected chi connectivity index (χ4v) is 2.52. The standard InChI is InChI=1S/C11H13BrO2S/c1-3-14-11(13)9-6-5-8(15-4-2)7-10(9)12/h5-7H,3-4H2,1-2H3. The molecule has 0 bridgehead atoms. The summed E-state index contributed by atoms with van der Waals surface area (Å²) in [6, 6.07) is 5.67. The summed E-state index contributed by atoms with van der Waals surface area (Å²) in [5.41, 5.74) is 0.581. The predicted octanol–water partition coefficient (Wildman–Crippen LogP) is 3.74. The van der Waals surface area contributed by atoms with Crippen LogP contribution >= 0.6 is 27.7 Å². The summed E-state index contributed by atoms with van der Waals surface area (Å²) in [5, 5.41) is 0. The zero-order valence-electron chi connectivity index (χ0n) is 8.75. The molecule has 0 spiro atoms. The molecule has 0 saturated carbocycles. The molecule has 1 aromatic rings. The summed E-state index contributed by atoms with van der Waals surface area (Å²) >= 11 is 5.11. The highest BCUT2D eigenvalue weighted by atomic mass is 79.9. The Hall–Kier alpha value is -0.480. The molecule has 0 amide bonds. The number of halogens is 1. The van der Waals surface area contributed by atoms with Gasteiger partial charge in [-0.2, -0.15) is 0 Å². The van der Waals surface area contributed by atoms with Gasteiger partial charge in [-0.25, -0.2) is 4.79 Å². The van der Waals surface area contributed by atoms with Crippen LogP contribution in [0.2, 0.25) is 0 Å². The number of carbonyl (C=O) groups is 1. The average Bonchev–Trinajstić information content (AvgIpc) is 2.18. The van der Waals surface area contributed by atoms with Crippen LogP contribution in [-0.2, 0) is 4.74 Å². The summed E-state index contributed by atoms with van der Waals surface area (Å²) < 4.78 is 5.72. The Bertz CT molecular complexity index is 352. The zero-order valence-corrected chi connectivity index (χ0v) is 11.2. The minimum absolute atomic E-state index is 0.280. The summed E-state index contributed by atoms with van der Waals surface area (Å²) in [6.45, 7) is 4.29. The molecule has 0 saturated heterocycles. The molecule has 2 nitrogen and oxygen atoms in total. The second-order valence-electron chi connectivity index (χ2n) is 2.80. The summed E-state index contributed by atoms with van der Waals surface area (Å²) in [5.74, 6) is 0.739. The quantitative estimate of drug-likeness (QED) is 0.624. The van der Waals surface area contributed by atoms with E-state index in [2.05, 4.69) is 22.9 Å². The topological polar surface area (TPSA) is 26.3 Å². The van der Waals surface area contributed by atoms with Crippen LogP contribution in [-0.4, -0.2) is 18.3 Å². The summed E-state index contributed by atoms with van der Waals surface area (Å²) in [4.78, 5) is 12.6. The largest absolute Gasteiger partial charge is 0.462 e. The Balaban J connectivity index is 2.87. The minimum Gasteiger partial charge on any atom is -0.462 e. The third-order valence-electron chi connectivity index (χ3n) is 1.75. The van der Waals surface area contributed by atoms with Gasteiger partial charge in [0, 0.05) is 9.37 Å². The maximum atomic E-state index is 11.5. The van der Waals surface area contributed by atoms with E-state index in [4.69, 9.17) is 4.74 Å². The molecule has 0 aliphatic heterocycles. The Morgan fingerprint density at radius 1 is 1.47 bits per heavy atom. The van der Waals surface area contributed by atoms with Crippen LogP contribution in [0.1, 0.15) is 24.2 Å². The number of carbonyl (C=O) groups excluding carboxylic acids is 1. The highest BCUT2D eigenvalue weighted by molar-refractivity contribution is 9.10. The van der Waals surface area contributed by atoms with Gasteiger partial charge in [0.2, 0.25) is 0 Å². The van der Waals surface area contributed by atoms with Crippen molar-refractivity contribution in [3.63, 3.8) is 0 Å². The Kier molecular flexibility index (Phi) is 5.19. The van der Waals surface area contributed by atoms with Gasteiger partial charge < -0.3 is 4.74 Å². The van der Waals surface area contributed by atoms with Crippen molar-refractivity contribution in [3.05, 3.63) is 28.2 Å². The van der Waals surface area contributed by atoms with Crippen LogP contribution in [0.5, 0.6) is 0 Å². The van der Waals surface area contributed by atoms with Gasteiger partial charge in [-0.05, 0) is 46.8 Å². The monoisotopic (exact) mass is 288 g/mol. The molecule has 0 aliphatic rings. The van der Waals surface area contributed by atoms with Crippen molar-refractivity contribution in [3.8, 4) is 0 Å². The molecule has 15 heavy (non-hydrogen) atoms. The molecule has 0 radical (unpaired) electrons. The molecule has 0 fully saturated rings. The number of benzene rings is 1. The molecular weight excluding hydrogens is 276 g/mol. The highest BCUT2D eigenvalue weighted by Crippen LogP contribution is 2.25. The van der Waals surface area contributed by atoms with Gasteiger partial charge in [0.05, 0.1) is 12.2 Å². The molecular formula is C11H13BrO2S. The van der Waals surface area contributed by atoms with Crippen molar-refractivity contribution >= 4 is 33.7 Å². The van der Waals surface area contributed by atoms with E-state index in [1.54, 1.807) is 24.8 Å². The maximum Gasteiger partial charge on any atom is 0.339 e. The zero-order chi connectivity index (χ0) is 11.3. The number of ether oxygens (including phenoxy) is 1. The van der Waals surface area contributed by atoms with Crippen molar-refractivity contribution in [2.45, 2.75) is 18.7 Å². The van der Waals surface area contributed by atoms with Crippen molar-refractivity contribution < 1.29 is 9.53 Å². The minimum atomic E-state index is -0.280. The lowest BCUT2D eigenvalue weighted by atomic mass is 10.2. The number of esters is 1. The van der Waals surface area contributed by atoms with Gasteiger partial charge in [0.25, 0.3) is 0 Å². The Morgan fingerprint density at radius 2 is 2.20 bits per heavy atom. The lowest BCUT2D eigenvalue weighted by molar-refractivity contribution is 0.0525. The van der Waals surface area contributed by atoms with E-state index in [1.807, 2.05) is 12.1 Å². The smallest absolute Gasteiger partial charge is 0.339 e. The van der Waals surface area contributed by atoms with Gasteiger partial charge in [-0.15, -0.1) is 11.8 Å². The molecule has 0 atom stereocenters. The first-order chi connectivity index (χ1) is 7.19. The second kappa shape index (κ2) is 6.18. The molecule has 0 unspecified atom stereocenters. The first-order valence-electron chi connectivity index (χ1n) is 4.78. The molecule has 0 aromatic heterocycles. The van der Waals surface area contributed by atoms with Crippen molar-refractivity contribution in [1.29, 1.82) is 0 Å². The number of rotatable bonds is 4. The van der Waals surface area contributed by atoms with E-state index >= 15 is 0 Å². The summed E-state index contributed by atoms with van der Waals surface area (Å²) in [7, 11) is 0. The van der Waals surface area contributed by atoms with E-state index in [1.165, 1.54) is 0 Å². The van der Waals surface area contributed by atoms with Crippen LogP contribution in [0.15, 0.2) is 27.6 Å². The fourth-order valence-electron chi connectivity index (χ4n) is 1.13. The average molecular weight is 289 g/mol. The molecule has 4 heteroatoms. The van der Waals surface area contributed by atoms with Crippen molar-refractivity contribution in [2.24, 2.45) is 0 Å². The van der Waals surface area contributed by atoms with E-state index in [0.717, 1.165) is 15.1 Å². The van der Waals surface area contributed by atoms with Gasteiger partial charge in [0.1, 0.15) is 0 Å². The van der Waals surface area contributed by atoms with E-state index < -0.39 is 0 Å². The van der Waals surface area contributed by atoms with Crippen LogP contribution in [0, 0.1) is 0 Å². The van der Waals surface area contributed by atoms with Gasteiger partial charge >= 0.3 is 5.97 Å². The fraction of sp³-hybridized carbons (Fsp3) is 0.364. The van der Waals surface area contributed by atoms with Crippen LogP contribution in [0.3, 0.4) is 0 Å². The number of thioether (sulfide) groups is 1. The highest BCUT2D eigenvalue weighted by Gasteiger charge is 2.10. The van der Waals surface area contributed by atoms with Crippen molar-refractivity contribution in [1.82, 2.24) is 0 Å². The van der Waals surface area contributed by atoms with E-state index in [0.29, 0.717) is 12.2 Å². The number of hydrogen-bond donors (Lipinski definition) is 0. The summed E-state index contributed by atoms with van der Waals surface area (Å²) in [6.07, 6.45) is 0. The SMILES string of the molecule is CCOC(=O)c1ccc(SCC)cc1Br. The molecule has 0 aliphatic carbocycles. The van der Waals surface area contributed by atoms with E-state index in [9.17, 15) is 4.79 Å². The van der Waals surface area contributed by atoms with Gasteiger partial charge in [-0.3, -0.25) is 0 Å². The first-order valence-corrected chi connectivity index (χ1v) is 6.56. The third-order valence-corrected chi connectivity index (χ3v) is 3.28. The molecule has 1 rings (SSSR count).